The predicted molar refractivity (Wildman–Crippen MR) is 78.6 cm³/mol. The Morgan fingerprint density at radius 2 is 1.72 bits per heavy atom. The highest BCUT2D eigenvalue weighted by Gasteiger charge is 2.23. The summed E-state index contributed by atoms with van der Waals surface area (Å²) in [5.41, 5.74) is 5.99. The maximum Gasteiger partial charge on any atom is 0.00390 e. The van der Waals surface area contributed by atoms with E-state index in [2.05, 4.69) is 18.7 Å². The van der Waals surface area contributed by atoms with Crippen LogP contribution in [0, 0.1) is 17.8 Å². The Morgan fingerprint density at radius 3 is 2.39 bits per heavy atom. The van der Waals surface area contributed by atoms with Crippen LogP contribution in [0.4, 0.5) is 0 Å². The smallest absolute Gasteiger partial charge is 0.00390 e. The molecule has 1 heterocycles. The van der Waals surface area contributed by atoms with Crippen molar-refractivity contribution in [1.29, 1.82) is 0 Å². The van der Waals surface area contributed by atoms with Gasteiger partial charge in [-0.25, -0.2) is 0 Å². The molecule has 1 unspecified atom stereocenters. The van der Waals surface area contributed by atoms with Gasteiger partial charge in [0.15, 0.2) is 0 Å². The molecule has 1 saturated carbocycles. The lowest BCUT2D eigenvalue weighted by atomic mass is 9.86. The first kappa shape index (κ1) is 14.3. The molecular formula is C16H32N2. The van der Waals surface area contributed by atoms with Gasteiger partial charge in [-0.3, -0.25) is 0 Å². The van der Waals surface area contributed by atoms with E-state index in [-0.39, 0.29) is 0 Å². The highest BCUT2D eigenvalue weighted by atomic mass is 15.1. The molecule has 0 spiro atoms. The van der Waals surface area contributed by atoms with Gasteiger partial charge >= 0.3 is 0 Å². The number of nitrogens with two attached hydrogens (primary N) is 1. The normalized spacial score (nSPS) is 35.7. The van der Waals surface area contributed by atoms with E-state index in [9.17, 15) is 0 Å². The van der Waals surface area contributed by atoms with Gasteiger partial charge in [-0.15, -0.1) is 0 Å². The lowest BCUT2D eigenvalue weighted by Gasteiger charge is -2.31. The third kappa shape index (κ3) is 4.24. The Morgan fingerprint density at radius 1 is 1.00 bits per heavy atom. The molecular weight excluding hydrogens is 220 g/mol. The van der Waals surface area contributed by atoms with Crippen molar-refractivity contribution in [2.24, 2.45) is 23.5 Å². The maximum atomic E-state index is 5.99. The van der Waals surface area contributed by atoms with Crippen LogP contribution in [0.25, 0.3) is 0 Å². The lowest BCUT2D eigenvalue weighted by molar-refractivity contribution is 0.196. The summed E-state index contributed by atoms with van der Waals surface area (Å²) in [5.74, 6) is 2.77. The van der Waals surface area contributed by atoms with Crippen LogP contribution in [0.5, 0.6) is 0 Å². The van der Waals surface area contributed by atoms with Gasteiger partial charge in [0.1, 0.15) is 0 Å². The van der Waals surface area contributed by atoms with Gasteiger partial charge < -0.3 is 10.6 Å². The van der Waals surface area contributed by atoms with Crippen LogP contribution in [0.15, 0.2) is 0 Å². The summed E-state index contributed by atoms with van der Waals surface area (Å²) in [7, 11) is 0. The Balaban J connectivity index is 1.73. The van der Waals surface area contributed by atoms with Gasteiger partial charge in [0, 0.05) is 12.6 Å². The Labute approximate surface area is 113 Å². The predicted octanol–water partition coefficient (Wildman–Crippen LogP) is 3.26. The van der Waals surface area contributed by atoms with Crippen molar-refractivity contribution in [2.75, 3.05) is 19.6 Å². The van der Waals surface area contributed by atoms with Crippen LogP contribution < -0.4 is 5.73 Å². The Hall–Kier alpha value is -0.0800. The molecule has 2 aliphatic rings. The fourth-order valence-corrected chi connectivity index (χ4v) is 3.77. The molecule has 0 aromatic heterocycles. The molecule has 1 aliphatic carbocycles. The van der Waals surface area contributed by atoms with Crippen LogP contribution in [0.3, 0.4) is 0 Å². The van der Waals surface area contributed by atoms with Gasteiger partial charge in [-0.1, -0.05) is 13.8 Å². The summed E-state index contributed by atoms with van der Waals surface area (Å²) in [4.78, 5) is 2.74. The maximum absolute atomic E-state index is 5.99. The van der Waals surface area contributed by atoms with E-state index in [0.717, 1.165) is 17.8 Å². The molecule has 1 saturated heterocycles. The molecule has 1 atom stereocenters. The molecule has 2 heteroatoms. The number of hydrogen-bond acceptors (Lipinski definition) is 2. The third-order valence-corrected chi connectivity index (χ3v) is 5.22. The first-order valence-electron chi connectivity index (χ1n) is 8.13. The molecule has 2 rings (SSSR count). The summed E-state index contributed by atoms with van der Waals surface area (Å²) < 4.78 is 0. The zero-order chi connectivity index (χ0) is 13.0. The van der Waals surface area contributed by atoms with Crippen LogP contribution in [-0.2, 0) is 0 Å². The van der Waals surface area contributed by atoms with Gasteiger partial charge in [-0.2, -0.15) is 0 Å². The molecule has 0 radical (unpaired) electrons. The van der Waals surface area contributed by atoms with Crippen molar-refractivity contribution in [3.05, 3.63) is 0 Å². The van der Waals surface area contributed by atoms with E-state index in [1.54, 1.807) is 0 Å². The summed E-state index contributed by atoms with van der Waals surface area (Å²) in [6.45, 7) is 8.81. The molecule has 2 nitrogen and oxygen atoms in total. The quantitative estimate of drug-likeness (QED) is 0.835. The van der Waals surface area contributed by atoms with Crippen LogP contribution in [-0.4, -0.2) is 30.6 Å². The number of hydrogen-bond donors (Lipinski definition) is 1. The number of rotatable bonds is 3. The molecule has 106 valence electrons. The first-order chi connectivity index (χ1) is 8.65. The van der Waals surface area contributed by atoms with E-state index in [1.807, 2.05) is 0 Å². The molecule has 18 heavy (non-hydrogen) atoms. The number of nitrogens with zero attached hydrogens (tertiary/aromatic N) is 1. The molecule has 0 aromatic carbocycles. The second-order valence-electron chi connectivity index (χ2n) is 7.02. The van der Waals surface area contributed by atoms with Crippen LogP contribution in [0.1, 0.15) is 58.8 Å². The fourth-order valence-electron chi connectivity index (χ4n) is 3.77. The van der Waals surface area contributed by atoms with E-state index < -0.39 is 0 Å². The highest BCUT2D eigenvalue weighted by Crippen LogP contribution is 2.28. The van der Waals surface area contributed by atoms with Crippen LogP contribution in [0.2, 0.25) is 0 Å². The fraction of sp³-hybridized carbons (Fsp3) is 1.00. The monoisotopic (exact) mass is 252 g/mol. The van der Waals surface area contributed by atoms with E-state index >= 15 is 0 Å². The van der Waals surface area contributed by atoms with Crippen molar-refractivity contribution >= 4 is 0 Å². The molecule has 2 N–H and O–H groups in total. The molecule has 0 aromatic rings. The van der Waals surface area contributed by atoms with Crippen molar-refractivity contribution in [3.63, 3.8) is 0 Å². The van der Waals surface area contributed by atoms with Crippen molar-refractivity contribution in [1.82, 2.24) is 4.90 Å². The zero-order valence-corrected chi connectivity index (χ0v) is 12.4. The summed E-state index contributed by atoms with van der Waals surface area (Å²) >= 11 is 0. The number of likely N-dealkylation sites (tertiary alicyclic amines) is 1. The SMILES string of the molecule is CC(C)C1CCCN(CC2CCC(N)CC2)CC1. The minimum absolute atomic E-state index is 0.496. The minimum atomic E-state index is 0.496. The van der Waals surface area contributed by atoms with E-state index in [0.29, 0.717) is 6.04 Å². The second-order valence-corrected chi connectivity index (χ2v) is 7.02. The van der Waals surface area contributed by atoms with E-state index in [1.165, 1.54) is 64.6 Å². The van der Waals surface area contributed by atoms with Crippen molar-refractivity contribution < 1.29 is 0 Å². The van der Waals surface area contributed by atoms with Gasteiger partial charge in [0.05, 0.1) is 0 Å². The molecule has 0 bridgehead atoms. The Kier molecular flexibility index (Phi) is 5.50. The molecule has 2 fully saturated rings. The third-order valence-electron chi connectivity index (χ3n) is 5.22. The van der Waals surface area contributed by atoms with Gasteiger partial charge in [-0.05, 0) is 75.8 Å². The topological polar surface area (TPSA) is 29.3 Å². The van der Waals surface area contributed by atoms with Crippen molar-refractivity contribution in [3.8, 4) is 0 Å². The summed E-state index contributed by atoms with van der Waals surface area (Å²) in [6, 6.07) is 0.496. The second kappa shape index (κ2) is 6.91. The molecule has 1 aliphatic heterocycles. The first-order valence-corrected chi connectivity index (χ1v) is 8.13. The lowest BCUT2D eigenvalue weighted by Crippen LogP contribution is -2.35. The summed E-state index contributed by atoms with van der Waals surface area (Å²) in [6.07, 6.45) is 9.53. The minimum Gasteiger partial charge on any atom is -0.328 e. The highest BCUT2D eigenvalue weighted by molar-refractivity contribution is 4.79. The van der Waals surface area contributed by atoms with Crippen molar-refractivity contribution in [2.45, 2.75) is 64.8 Å². The standard InChI is InChI=1S/C16H32N2/c1-13(2)15-4-3-10-18(11-9-15)12-14-5-7-16(17)8-6-14/h13-16H,3-12,17H2,1-2H3. The average molecular weight is 252 g/mol. The molecule has 0 amide bonds. The van der Waals surface area contributed by atoms with E-state index in [4.69, 9.17) is 5.73 Å². The zero-order valence-electron chi connectivity index (χ0n) is 12.4. The average Bonchev–Trinajstić information content (AvgIpc) is 2.58. The largest absolute Gasteiger partial charge is 0.328 e. The van der Waals surface area contributed by atoms with Crippen LogP contribution >= 0.6 is 0 Å². The van der Waals surface area contributed by atoms with Gasteiger partial charge in [0.25, 0.3) is 0 Å². The summed E-state index contributed by atoms with van der Waals surface area (Å²) in [5, 5.41) is 0. The Bertz CT molecular complexity index is 231. The van der Waals surface area contributed by atoms with Gasteiger partial charge in [0.2, 0.25) is 0 Å².